The van der Waals surface area contributed by atoms with Gasteiger partial charge in [-0.1, -0.05) is 25.1 Å². The van der Waals surface area contributed by atoms with E-state index < -0.39 is 0 Å². The predicted octanol–water partition coefficient (Wildman–Crippen LogP) is 3.83. The summed E-state index contributed by atoms with van der Waals surface area (Å²) in [6.07, 6.45) is 3.93. The van der Waals surface area contributed by atoms with Gasteiger partial charge in [-0.3, -0.25) is 14.1 Å². The molecule has 1 aliphatic heterocycles. The fourth-order valence-electron chi connectivity index (χ4n) is 5.12. The van der Waals surface area contributed by atoms with Crippen LogP contribution >= 0.6 is 11.6 Å². The van der Waals surface area contributed by atoms with E-state index in [1.54, 1.807) is 33.5 Å². The van der Waals surface area contributed by atoms with Gasteiger partial charge in [-0.05, 0) is 24.6 Å². The van der Waals surface area contributed by atoms with Crippen LogP contribution in [0, 0.1) is 0 Å². The highest BCUT2D eigenvalue weighted by Gasteiger charge is 2.30. The Kier molecular flexibility index (Phi) is 7.53. The lowest BCUT2D eigenvalue weighted by Crippen LogP contribution is -2.49. The van der Waals surface area contributed by atoms with Crippen molar-refractivity contribution in [1.82, 2.24) is 34.4 Å². The van der Waals surface area contributed by atoms with Gasteiger partial charge in [0.1, 0.15) is 11.5 Å². The van der Waals surface area contributed by atoms with Gasteiger partial charge < -0.3 is 19.7 Å². The summed E-state index contributed by atoms with van der Waals surface area (Å²) in [6, 6.07) is 5.51. The minimum absolute atomic E-state index is 0.0480. The van der Waals surface area contributed by atoms with E-state index in [1.807, 2.05) is 21.4 Å². The molecule has 3 aromatic heterocycles. The Hall–Kier alpha value is -3.96. The van der Waals surface area contributed by atoms with Gasteiger partial charge >= 0.3 is 0 Å². The normalized spacial score (nSPS) is 14.9. The first-order valence-corrected chi connectivity index (χ1v) is 13.1. The number of anilines is 1. The number of carbonyl (C=O) groups excluding carboxylic acids is 1. The summed E-state index contributed by atoms with van der Waals surface area (Å²) < 4.78 is 13.0. The molecule has 5 rings (SSSR count). The average Bonchev–Trinajstić information content (AvgIpc) is 3.42. The zero-order valence-electron chi connectivity index (χ0n) is 22.4. The molecule has 0 bridgehead atoms. The Labute approximate surface area is 231 Å². The zero-order valence-corrected chi connectivity index (χ0v) is 23.2. The summed E-state index contributed by atoms with van der Waals surface area (Å²) in [5.41, 5.74) is 2.73. The molecule has 1 N–H and O–H groups in total. The van der Waals surface area contributed by atoms with Crippen LogP contribution in [0.4, 0.5) is 5.95 Å². The van der Waals surface area contributed by atoms with Crippen molar-refractivity contribution < 1.29 is 14.3 Å². The van der Waals surface area contributed by atoms with E-state index in [4.69, 9.17) is 31.2 Å². The molecule has 39 heavy (non-hydrogen) atoms. The van der Waals surface area contributed by atoms with Gasteiger partial charge in [0, 0.05) is 62.0 Å². The van der Waals surface area contributed by atoms with Crippen LogP contribution in [0.3, 0.4) is 0 Å². The number of benzene rings is 1. The Bertz CT molecular complexity index is 1550. The van der Waals surface area contributed by atoms with Crippen LogP contribution in [-0.2, 0) is 4.79 Å². The third-order valence-electron chi connectivity index (χ3n) is 7.14. The first kappa shape index (κ1) is 26.6. The molecule has 0 aliphatic carbocycles. The number of aromatic nitrogens is 5. The van der Waals surface area contributed by atoms with Crippen LogP contribution in [0.5, 0.6) is 11.5 Å². The summed E-state index contributed by atoms with van der Waals surface area (Å²) in [5.74, 6) is 2.29. The first-order chi connectivity index (χ1) is 18.9. The molecule has 1 amide bonds. The number of amides is 1. The second kappa shape index (κ2) is 11.0. The van der Waals surface area contributed by atoms with Crippen LogP contribution in [-0.4, -0.2) is 87.7 Å². The molecule has 1 atom stereocenters. The Morgan fingerprint density at radius 3 is 2.54 bits per heavy atom. The van der Waals surface area contributed by atoms with Gasteiger partial charge in [-0.15, -0.1) is 10.2 Å². The number of halogens is 1. The van der Waals surface area contributed by atoms with Crippen LogP contribution < -0.4 is 14.8 Å². The van der Waals surface area contributed by atoms with Crippen LogP contribution in [0.1, 0.15) is 25.2 Å². The van der Waals surface area contributed by atoms with Crippen molar-refractivity contribution >= 4 is 40.1 Å². The fraction of sp³-hybridized carbons (Fsp3) is 0.370. The Morgan fingerprint density at radius 1 is 1.13 bits per heavy atom. The standard InChI is InChI=1S/C27H31ClN8O3/c1-6-20(34-8-10-35(11-9-34)22(37)7-2)26-33-32-25-19(18-13-17(38-4)14-21(39-5)23(18)28)12-16-15-30-27(29-3)31-24(16)36(25)26/h7,12-15,20H,2,6,8-11H2,1,3-5H3,(H,29,30,31). The maximum Gasteiger partial charge on any atom is 0.246 e. The molecule has 1 unspecified atom stereocenters. The maximum absolute atomic E-state index is 12.1. The highest BCUT2D eigenvalue weighted by molar-refractivity contribution is 6.35. The number of ether oxygens (including phenoxy) is 2. The minimum atomic E-state index is -0.0530. The molecule has 0 spiro atoms. The van der Waals surface area contributed by atoms with Crippen molar-refractivity contribution in [2.24, 2.45) is 0 Å². The first-order valence-electron chi connectivity index (χ1n) is 12.7. The number of pyridine rings is 1. The number of methoxy groups -OCH3 is 2. The SMILES string of the molecule is C=CC(=O)N1CCN(C(CC)c2nnc3c(-c4cc(OC)cc(OC)c4Cl)cc4cnc(NC)nc4n23)CC1. The molecule has 1 fully saturated rings. The summed E-state index contributed by atoms with van der Waals surface area (Å²) in [6.45, 7) is 8.40. The molecule has 1 saturated heterocycles. The number of nitrogens with one attached hydrogen (secondary N) is 1. The van der Waals surface area contributed by atoms with Gasteiger partial charge in [0.25, 0.3) is 0 Å². The molecule has 1 aromatic carbocycles. The van der Waals surface area contributed by atoms with Crippen LogP contribution in [0.2, 0.25) is 5.02 Å². The van der Waals surface area contributed by atoms with Crippen LogP contribution in [0.15, 0.2) is 37.1 Å². The second-order valence-corrected chi connectivity index (χ2v) is 9.56. The van der Waals surface area contributed by atoms with Gasteiger partial charge in [0.15, 0.2) is 17.1 Å². The van der Waals surface area contributed by atoms with Crippen LogP contribution in [0.25, 0.3) is 27.8 Å². The average molecular weight is 551 g/mol. The van der Waals surface area contributed by atoms with Crippen molar-refractivity contribution in [2.45, 2.75) is 19.4 Å². The highest BCUT2D eigenvalue weighted by Crippen LogP contribution is 2.42. The maximum atomic E-state index is 12.1. The summed E-state index contributed by atoms with van der Waals surface area (Å²) >= 11 is 6.81. The topological polar surface area (TPSA) is 110 Å². The lowest BCUT2D eigenvalue weighted by Gasteiger charge is -2.38. The fourth-order valence-corrected chi connectivity index (χ4v) is 5.41. The van der Waals surface area contributed by atoms with E-state index in [9.17, 15) is 4.79 Å². The minimum Gasteiger partial charge on any atom is -0.497 e. The van der Waals surface area contributed by atoms with E-state index >= 15 is 0 Å². The highest BCUT2D eigenvalue weighted by atomic mass is 35.5. The Balaban J connectivity index is 1.71. The number of carbonyl (C=O) groups is 1. The lowest BCUT2D eigenvalue weighted by molar-refractivity contribution is -0.128. The number of nitrogens with zero attached hydrogens (tertiary/aromatic N) is 7. The third kappa shape index (κ3) is 4.72. The zero-order chi connectivity index (χ0) is 27.7. The van der Waals surface area contributed by atoms with Crippen molar-refractivity contribution in [2.75, 3.05) is 52.8 Å². The molecule has 204 valence electrons. The van der Waals surface area contributed by atoms with Gasteiger partial charge in [-0.2, -0.15) is 4.98 Å². The molecule has 0 saturated carbocycles. The summed E-state index contributed by atoms with van der Waals surface area (Å²) in [7, 11) is 4.94. The molecular weight excluding hydrogens is 520 g/mol. The molecule has 12 heteroatoms. The third-order valence-corrected chi connectivity index (χ3v) is 7.53. The van der Waals surface area contributed by atoms with Gasteiger partial charge in [0.05, 0.1) is 25.3 Å². The van der Waals surface area contributed by atoms with Crippen molar-refractivity contribution in [3.63, 3.8) is 0 Å². The molecular formula is C27H31ClN8O3. The van der Waals surface area contributed by atoms with E-state index in [0.717, 1.165) is 23.2 Å². The van der Waals surface area contributed by atoms with Gasteiger partial charge in [-0.25, -0.2) is 4.98 Å². The van der Waals surface area contributed by atoms with Crippen molar-refractivity contribution in [1.29, 1.82) is 0 Å². The smallest absolute Gasteiger partial charge is 0.246 e. The number of piperazine rings is 1. The molecule has 1 aliphatic rings. The van der Waals surface area contributed by atoms with Crippen molar-refractivity contribution in [3.05, 3.63) is 47.9 Å². The monoisotopic (exact) mass is 550 g/mol. The van der Waals surface area contributed by atoms with Crippen molar-refractivity contribution in [3.8, 4) is 22.6 Å². The number of hydrogen-bond donors (Lipinski definition) is 1. The Morgan fingerprint density at radius 2 is 1.90 bits per heavy atom. The predicted molar refractivity (Wildman–Crippen MR) is 151 cm³/mol. The second-order valence-electron chi connectivity index (χ2n) is 9.18. The number of fused-ring (bicyclic) bond motifs is 3. The molecule has 11 nitrogen and oxygen atoms in total. The van der Waals surface area contributed by atoms with Gasteiger partial charge in [0.2, 0.25) is 11.9 Å². The lowest BCUT2D eigenvalue weighted by atomic mass is 10.0. The van der Waals surface area contributed by atoms with E-state index in [1.165, 1.54) is 6.08 Å². The van der Waals surface area contributed by atoms with E-state index in [0.29, 0.717) is 65.5 Å². The molecule has 0 radical (unpaired) electrons. The number of rotatable bonds is 8. The van der Waals surface area contributed by atoms with E-state index in [2.05, 4.69) is 33.8 Å². The summed E-state index contributed by atoms with van der Waals surface area (Å²) in [5, 5.41) is 13.6. The largest absolute Gasteiger partial charge is 0.497 e. The molecule has 4 aromatic rings. The number of hydrogen-bond acceptors (Lipinski definition) is 9. The summed E-state index contributed by atoms with van der Waals surface area (Å²) in [4.78, 5) is 25.5. The molecule has 4 heterocycles. The quantitative estimate of drug-likeness (QED) is 0.327. The van der Waals surface area contributed by atoms with E-state index in [-0.39, 0.29) is 11.9 Å².